The summed E-state index contributed by atoms with van der Waals surface area (Å²) in [6.45, 7) is 0.660. The lowest BCUT2D eigenvalue weighted by molar-refractivity contribution is 0.601. The first kappa shape index (κ1) is 17.3. The largest absolute Gasteiger partial charge is 0.380 e. The molecule has 1 aromatic heterocycles. The van der Waals surface area contributed by atoms with Crippen LogP contribution in [-0.4, -0.2) is 13.4 Å². The lowest BCUT2D eigenvalue weighted by atomic mass is 10.2. The smallest absolute Gasteiger partial charge is 0.264 e. The zero-order chi connectivity index (χ0) is 17.7. The van der Waals surface area contributed by atoms with Crippen LogP contribution in [0.1, 0.15) is 5.56 Å². The molecule has 3 aromatic rings. The third-order valence-corrected chi connectivity index (χ3v) is 5.32. The number of aromatic nitrogens is 1. The van der Waals surface area contributed by atoms with Crippen LogP contribution in [0, 0.1) is 0 Å². The summed E-state index contributed by atoms with van der Waals surface area (Å²) in [7, 11) is -3.78. The predicted octanol–water partition coefficient (Wildman–Crippen LogP) is 4.15. The third kappa shape index (κ3) is 4.49. The average molecular weight is 374 g/mol. The minimum Gasteiger partial charge on any atom is -0.380 e. The van der Waals surface area contributed by atoms with Gasteiger partial charge in [0.1, 0.15) is 10.7 Å². The van der Waals surface area contributed by atoms with Gasteiger partial charge in [0.2, 0.25) is 0 Å². The molecule has 1 heterocycles. The molecule has 0 unspecified atom stereocenters. The fraction of sp³-hybridized carbons (Fsp3) is 0.0556. The molecular weight excluding hydrogens is 358 g/mol. The topological polar surface area (TPSA) is 71.1 Å². The molecule has 0 aliphatic heterocycles. The monoisotopic (exact) mass is 373 g/mol. The maximum Gasteiger partial charge on any atom is 0.264 e. The number of pyridine rings is 1. The van der Waals surface area contributed by atoms with E-state index in [-0.39, 0.29) is 15.7 Å². The Morgan fingerprint density at radius 2 is 1.64 bits per heavy atom. The van der Waals surface area contributed by atoms with Crippen molar-refractivity contribution in [2.75, 3.05) is 10.0 Å². The SMILES string of the molecule is O=S(=O)(Nc1ccc(NCc2ccccc2)cn1)c1ccccc1Cl. The summed E-state index contributed by atoms with van der Waals surface area (Å²) in [4.78, 5) is 4.15. The van der Waals surface area contributed by atoms with Crippen molar-refractivity contribution in [2.45, 2.75) is 11.4 Å². The molecule has 0 fully saturated rings. The van der Waals surface area contributed by atoms with Crippen molar-refractivity contribution in [3.63, 3.8) is 0 Å². The third-order valence-electron chi connectivity index (χ3n) is 3.47. The van der Waals surface area contributed by atoms with Gasteiger partial charge >= 0.3 is 0 Å². The van der Waals surface area contributed by atoms with Gasteiger partial charge in [-0.3, -0.25) is 4.72 Å². The van der Waals surface area contributed by atoms with Crippen molar-refractivity contribution in [1.29, 1.82) is 0 Å². The van der Waals surface area contributed by atoms with Crippen LogP contribution < -0.4 is 10.0 Å². The number of anilines is 2. The Hall–Kier alpha value is -2.57. The van der Waals surface area contributed by atoms with Crippen molar-refractivity contribution < 1.29 is 8.42 Å². The van der Waals surface area contributed by atoms with Gasteiger partial charge in [-0.15, -0.1) is 0 Å². The van der Waals surface area contributed by atoms with E-state index in [4.69, 9.17) is 11.6 Å². The summed E-state index contributed by atoms with van der Waals surface area (Å²) < 4.78 is 27.2. The molecule has 128 valence electrons. The highest BCUT2D eigenvalue weighted by atomic mass is 35.5. The van der Waals surface area contributed by atoms with E-state index >= 15 is 0 Å². The first-order valence-electron chi connectivity index (χ1n) is 7.56. The second-order valence-electron chi connectivity index (χ2n) is 5.31. The minimum absolute atomic E-state index is 0.0183. The number of nitrogens with zero attached hydrogens (tertiary/aromatic N) is 1. The van der Waals surface area contributed by atoms with E-state index < -0.39 is 10.0 Å². The molecule has 0 saturated carbocycles. The molecule has 0 atom stereocenters. The van der Waals surface area contributed by atoms with Gasteiger partial charge in [-0.05, 0) is 29.8 Å². The van der Waals surface area contributed by atoms with E-state index in [0.717, 1.165) is 11.3 Å². The van der Waals surface area contributed by atoms with Gasteiger partial charge < -0.3 is 5.32 Å². The Labute approximate surface area is 151 Å². The Kier molecular flexibility index (Phi) is 5.21. The molecule has 3 rings (SSSR count). The summed E-state index contributed by atoms with van der Waals surface area (Å²) in [5.41, 5.74) is 1.94. The quantitative estimate of drug-likeness (QED) is 0.681. The van der Waals surface area contributed by atoms with Crippen molar-refractivity contribution in [3.05, 3.63) is 83.5 Å². The van der Waals surface area contributed by atoms with Crippen LogP contribution in [0.25, 0.3) is 0 Å². The van der Waals surface area contributed by atoms with E-state index in [1.807, 2.05) is 30.3 Å². The molecule has 2 aromatic carbocycles. The zero-order valence-corrected chi connectivity index (χ0v) is 14.8. The molecule has 0 bridgehead atoms. The average Bonchev–Trinajstić information content (AvgIpc) is 2.62. The normalized spacial score (nSPS) is 11.1. The number of nitrogens with one attached hydrogen (secondary N) is 2. The number of hydrogen-bond donors (Lipinski definition) is 2. The van der Waals surface area contributed by atoms with Gasteiger partial charge in [0.15, 0.2) is 0 Å². The van der Waals surface area contributed by atoms with E-state index in [1.165, 1.54) is 12.1 Å². The number of halogens is 1. The first-order chi connectivity index (χ1) is 12.0. The minimum atomic E-state index is -3.78. The molecule has 2 N–H and O–H groups in total. The van der Waals surface area contributed by atoms with Gasteiger partial charge in [-0.1, -0.05) is 54.1 Å². The first-order valence-corrected chi connectivity index (χ1v) is 9.42. The van der Waals surface area contributed by atoms with Gasteiger partial charge in [-0.25, -0.2) is 13.4 Å². The fourth-order valence-corrected chi connectivity index (χ4v) is 3.74. The number of sulfonamides is 1. The summed E-state index contributed by atoms with van der Waals surface area (Å²) in [5.74, 6) is 0.227. The van der Waals surface area contributed by atoms with E-state index in [1.54, 1.807) is 30.5 Å². The lowest BCUT2D eigenvalue weighted by Gasteiger charge is -2.10. The van der Waals surface area contributed by atoms with Crippen molar-refractivity contribution in [3.8, 4) is 0 Å². The second-order valence-corrected chi connectivity index (χ2v) is 7.37. The Balaban J connectivity index is 1.67. The van der Waals surface area contributed by atoms with Gasteiger partial charge in [0, 0.05) is 6.54 Å². The number of hydrogen-bond acceptors (Lipinski definition) is 4. The van der Waals surface area contributed by atoms with E-state index in [9.17, 15) is 8.42 Å². The summed E-state index contributed by atoms with van der Waals surface area (Å²) >= 11 is 5.95. The molecule has 7 heteroatoms. The molecule has 0 radical (unpaired) electrons. The maximum absolute atomic E-state index is 12.4. The van der Waals surface area contributed by atoms with Crippen molar-refractivity contribution in [2.24, 2.45) is 0 Å². The highest BCUT2D eigenvalue weighted by molar-refractivity contribution is 7.92. The van der Waals surface area contributed by atoms with Crippen LogP contribution in [0.5, 0.6) is 0 Å². The summed E-state index contributed by atoms with van der Waals surface area (Å²) in [5, 5.41) is 3.39. The van der Waals surface area contributed by atoms with E-state index in [2.05, 4.69) is 15.0 Å². The van der Waals surface area contributed by atoms with Crippen molar-refractivity contribution in [1.82, 2.24) is 4.98 Å². The standard InChI is InChI=1S/C18H16ClN3O2S/c19-16-8-4-5-9-17(16)25(23,24)22-18-11-10-15(13-21-18)20-12-14-6-2-1-3-7-14/h1-11,13,20H,12H2,(H,21,22). The molecule has 25 heavy (non-hydrogen) atoms. The highest BCUT2D eigenvalue weighted by Crippen LogP contribution is 2.23. The Morgan fingerprint density at radius 3 is 2.32 bits per heavy atom. The summed E-state index contributed by atoms with van der Waals surface area (Å²) in [6, 6.07) is 19.6. The van der Waals surface area contributed by atoms with Gasteiger partial charge in [0.25, 0.3) is 10.0 Å². The van der Waals surface area contributed by atoms with Crippen LogP contribution >= 0.6 is 11.6 Å². The number of benzene rings is 2. The molecule has 0 amide bonds. The highest BCUT2D eigenvalue weighted by Gasteiger charge is 2.17. The second kappa shape index (κ2) is 7.55. The molecule has 0 aliphatic rings. The summed E-state index contributed by atoms with van der Waals surface area (Å²) in [6.07, 6.45) is 1.58. The van der Waals surface area contributed by atoms with Gasteiger partial charge in [0.05, 0.1) is 16.9 Å². The van der Waals surface area contributed by atoms with Crippen LogP contribution in [0.15, 0.2) is 77.8 Å². The van der Waals surface area contributed by atoms with Gasteiger partial charge in [-0.2, -0.15) is 0 Å². The molecule has 0 saturated heterocycles. The van der Waals surface area contributed by atoms with Crippen LogP contribution in [0.2, 0.25) is 5.02 Å². The lowest BCUT2D eigenvalue weighted by Crippen LogP contribution is -2.14. The molecule has 5 nitrogen and oxygen atoms in total. The Morgan fingerprint density at radius 1 is 0.920 bits per heavy atom. The molecule has 0 aliphatic carbocycles. The van der Waals surface area contributed by atoms with Crippen LogP contribution in [0.4, 0.5) is 11.5 Å². The maximum atomic E-state index is 12.4. The zero-order valence-electron chi connectivity index (χ0n) is 13.2. The Bertz CT molecular complexity index is 946. The van der Waals surface area contributed by atoms with Crippen LogP contribution in [-0.2, 0) is 16.6 Å². The predicted molar refractivity (Wildman–Crippen MR) is 100 cm³/mol. The van der Waals surface area contributed by atoms with Crippen LogP contribution in [0.3, 0.4) is 0 Å². The fourth-order valence-electron chi connectivity index (χ4n) is 2.21. The van der Waals surface area contributed by atoms with E-state index in [0.29, 0.717) is 6.54 Å². The van der Waals surface area contributed by atoms with Crippen molar-refractivity contribution >= 4 is 33.1 Å². The molecule has 0 spiro atoms. The molecular formula is C18H16ClN3O2S. The number of rotatable bonds is 6.